The number of aliphatic hydroxyl groups is 1. The average molecular weight is 331 g/mol. The molecule has 0 aliphatic carbocycles. The van der Waals surface area contributed by atoms with Gasteiger partial charge in [0.15, 0.2) is 0 Å². The van der Waals surface area contributed by atoms with Gasteiger partial charge in [0.1, 0.15) is 17.2 Å². The Hall–Kier alpha value is -1.98. The average Bonchev–Trinajstić information content (AvgIpc) is 2.46. The molecule has 0 aliphatic heterocycles. The van der Waals surface area contributed by atoms with Crippen LogP contribution in [-0.4, -0.2) is 10.1 Å². The number of pyridine rings is 1. The molecule has 0 spiro atoms. The lowest BCUT2D eigenvalue weighted by molar-refractivity contribution is 0.0715. The quantitative estimate of drug-likeness (QED) is 0.741. The van der Waals surface area contributed by atoms with Crippen LogP contribution in [0, 0.1) is 11.6 Å². The minimum Gasteiger partial charge on any atom is -0.386 e. The molecule has 0 bridgehead atoms. The van der Waals surface area contributed by atoms with E-state index in [-0.39, 0.29) is 11.4 Å². The predicted octanol–water partition coefficient (Wildman–Crippen LogP) is 4.89. The summed E-state index contributed by atoms with van der Waals surface area (Å²) in [6.45, 7) is 3.09. The van der Waals surface area contributed by atoms with Crippen molar-refractivity contribution in [2.45, 2.75) is 29.2 Å². The Kier molecular flexibility index (Phi) is 4.08. The van der Waals surface area contributed by atoms with E-state index in [1.165, 1.54) is 23.9 Å². The zero-order valence-electron chi connectivity index (χ0n) is 12.7. The third-order valence-electron chi connectivity index (χ3n) is 3.45. The van der Waals surface area contributed by atoms with Gasteiger partial charge in [0.2, 0.25) is 0 Å². The predicted molar refractivity (Wildman–Crippen MR) is 87.5 cm³/mol. The molecule has 5 heteroatoms. The van der Waals surface area contributed by atoms with Gasteiger partial charge in [0.05, 0.1) is 5.60 Å². The van der Waals surface area contributed by atoms with E-state index < -0.39 is 11.4 Å². The molecule has 0 saturated carbocycles. The Bertz CT molecular complexity index is 875. The lowest BCUT2D eigenvalue weighted by Gasteiger charge is -2.22. The summed E-state index contributed by atoms with van der Waals surface area (Å²) in [5, 5.41) is 10.9. The van der Waals surface area contributed by atoms with E-state index in [1.54, 1.807) is 50.4 Å². The third-order valence-corrected chi connectivity index (χ3v) is 4.47. The SMILES string of the molecule is CC(C)(O)c1c(F)cccc1Sc1cnc2c(F)cccc2c1. The van der Waals surface area contributed by atoms with Crippen LogP contribution in [0.2, 0.25) is 0 Å². The number of benzene rings is 2. The number of halogens is 2. The summed E-state index contributed by atoms with van der Waals surface area (Å²) in [5.41, 5.74) is -0.757. The van der Waals surface area contributed by atoms with Gasteiger partial charge in [-0.2, -0.15) is 0 Å². The first-order valence-corrected chi connectivity index (χ1v) is 7.91. The van der Waals surface area contributed by atoms with E-state index in [0.717, 1.165) is 4.90 Å². The molecule has 2 aromatic carbocycles. The van der Waals surface area contributed by atoms with Gasteiger partial charge in [-0.1, -0.05) is 30.0 Å². The summed E-state index contributed by atoms with van der Waals surface area (Å²) in [4.78, 5) is 5.49. The Labute approximate surface area is 137 Å². The van der Waals surface area contributed by atoms with Crippen molar-refractivity contribution < 1.29 is 13.9 Å². The van der Waals surface area contributed by atoms with Crippen LogP contribution >= 0.6 is 11.8 Å². The Morgan fingerprint density at radius 3 is 2.48 bits per heavy atom. The molecule has 1 heterocycles. The van der Waals surface area contributed by atoms with Gasteiger partial charge in [0, 0.05) is 26.9 Å². The summed E-state index contributed by atoms with van der Waals surface area (Å²) in [5.74, 6) is -0.829. The molecule has 1 aromatic heterocycles. The molecule has 0 aliphatic rings. The van der Waals surface area contributed by atoms with Gasteiger partial charge >= 0.3 is 0 Å². The highest BCUT2D eigenvalue weighted by Crippen LogP contribution is 2.37. The highest BCUT2D eigenvalue weighted by atomic mass is 32.2. The molecule has 0 saturated heterocycles. The van der Waals surface area contributed by atoms with Crippen molar-refractivity contribution in [3.63, 3.8) is 0 Å². The van der Waals surface area contributed by atoms with Crippen LogP contribution in [0.3, 0.4) is 0 Å². The highest BCUT2D eigenvalue weighted by Gasteiger charge is 2.24. The van der Waals surface area contributed by atoms with Gasteiger partial charge in [-0.3, -0.25) is 4.98 Å². The van der Waals surface area contributed by atoms with Gasteiger partial charge in [-0.05, 0) is 38.1 Å². The Balaban J connectivity index is 2.05. The van der Waals surface area contributed by atoms with Crippen LogP contribution in [-0.2, 0) is 5.60 Å². The maximum absolute atomic E-state index is 14.1. The van der Waals surface area contributed by atoms with Crippen molar-refractivity contribution in [2.24, 2.45) is 0 Å². The van der Waals surface area contributed by atoms with Crippen LogP contribution in [0.15, 0.2) is 58.5 Å². The minimum absolute atomic E-state index is 0.240. The highest BCUT2D eigenvalue weighted by molar-refractivity contribution is 7.99. The first-order valence-electron chi connectivity index (χ1n) is 7.10. The molecule has 0 amide bonds. The lowest BCUT2D eigenvalue weighted by atomic mass is 9.98. The summed E-state index contributed by atoms with van der Waals surface area (Å²) < 4.78 is 27.8. The first-order chi connectivity index (χ1) is 10.9. The van der Waals surface area contributed by atoms with Crippen molar-refractivity contribution in [1.29, 1.82) is 0 Å². The van der Waals surface area contributed by atoms with Crippen molar-refractivity contribution in [1.82, 2.24) is 4.98 Å². The standard InChI is InChI=1S/C18H15F2NOS/c1-18(2,22)16-13(19)6-4-8-15(16)23-12-9-11-5-3-7-14(20)17(11)21-10-12/h3-10,22H,1-2H3. The number of para-hydroxylation sites is 1. The second kappa shape index (κ2) is 5.91. The molecule has 0 unspecified atom stereocenters. The van der Waals surface area contributed by atoms with Gasteiger partial charge in [-0.25, -0.2) is 8.78 Å². The fourth-order valence-corrected chi connectivity index (χ4v) is 3.61. The zero-order chi connectivity index (χ0) is 16.6. The van der Waals surface area contributed by atoms with Crippen LogP contribution in [0.4, 0.5) is 8.78 Å². The van der Waals surface area contributed by atoms with E-state index in [4.69, 9.17) is 0 Å². The van der Waals surface area contributed by atoms with E-state index in [2.05, 4.69) is 4.98 Å². The molecular weight excluding hydrogens is 316 g/mol. The van der Waals surface area contributed by atoms with Gasteiger partial charge in [-0.15, -0.1) is 0 Å². The maximum Gasteiger partial charge on any atom is 0.149 e. The fourth-order valence-electron chi connectivity index (χ4n) is 2.47. The smallest absolute Gasteiger partial charge is 0.149 e. The number of hydrogen-bond donors (Lipinski definition) is 1. The minimum atomic E-state index is -1.30. The van der Waals surface area contributed by atoms with Crippen molar-refractivity contribution in [3.8, 4) is 0 Å². The molecule has 23 heavy (non-hydrogen) atoms. The van der Waals surface area contributed by atoms with Gasteiger partial charge < -0.3 is 5.11 Å². The van der Waals surface area contributed by atoms with E-state index in [1.807, 2.05) is 0 Å². The van der Waals surface area contributed by atoms with E-state index >= 15 is 0 Å². The van der Waals surface area contributed by atoms with Crippen LogP contribution in [0.1, 0.15) is 19.4 Å². The summed E-state index contributed by atoms with van der Waals surface area (Å²) in [7, 11) is 0. The van der Waals surface area contributed by atoms with Crippen molar-refractivity contribution >= 4 is 22.7 Å². The van der Waals surface area contributed by atoms with Crippen LogP contribution < -0.4 is 0 Å². The molecule has 2 nitrogen and oxygen atoms in total. The zero-order valence-corrected chi connectivity index (χ0v) is 13.5. The van der Waals surface area contributed by atoms with Crippen molar-refractivity contribution in [2.75, 3.05) is 0 Å². The Morgan fingerprint density at radius 1 is 1.04 bits per heavy atom. The molecule has 1 N–H and O–H groups in total. The molecule has 0 radical (unpaired) electrons. The second-order valence-corrected chi connectivity index (χ2v) is 6.87. The second-order valence-electron chi connectivity index (χ2n) is 5.76. The molecule has 3 aromatic rings. The van der Waals surface area contributed by atoms with E-state index in [9.17, 15) is 13.9 Å². The third kappa shape index (κ3) is 3.21. The molecular formula is C18H15F2NOS. The Morgan fingerprint density at radius 2 is 1.74 bits per heavy atom. The van der Waals surface area contributed by atoms with Crippen LogP contribution in [0.5, 0.6) is 0 Å². The molecule has 0 fully saturated rings. The number of fused-ring (bicyclic) bond motifs is 1. The maximum atomic E-state index is 14.1. The molecule has 3 rings (SSSR count). The normalized spacial score (nSPS) is 11.9. The number of aromatic nitrogens is 1. The number of hydrogen-bond acceptors (Lipinski definition) is 3. The summed E-state index contributed by atoms with van der Waals surface area (Å²) in [6, 6.07) is 11.2. The topological polar surface area (TPSA) is 33.1 Å². The summed E-state index contributed by atoms with van der Waals surface area (Å²) >= 11 is 1.29. The first kappa shape index (κ1) is 15.9. The largest absolute Gasteiger partial charge is 0.386 e. The lowest BCUT2D eigenvalue weighted by Crippen LogP contribution is -2.18. The van der Waals surface area contributed by atoms with Crippen LogP contribution in [0.25, 0.3) is 10.9 Å². The number of rotatable bonds is 3. The fraction of sp³-hybridized carbons (Fsp3) is 0.167. The monoisotopic (exact) mass is 331 g/mol. The van der Waals surface area contributed by atoms with Crippen molar-refractivity contribution in [3.05, 3.63) is 65.9 Å². The molecule has 118 valence electrons. The number of nitrogens with zero attached hydrogens (tertiary/aromatic N) is 1. The van der Waals surface area contributed by atoms with E-state index in [0.29, 0.717) is 15.8 Å². The summed E-state index contributed by atoms with van der Waals surface area (Å²) in [6.07, 6.45) is 1.55. The molecule has 0 atom stereocenters. The van der Waals surface area contributed by atoms with Gasteiger partial charge in [0.25, 0.3) is 0 Å².